The molecule has 0 radical (unpaired) electrons. The Kier molecular flexibility index (Phi) is 7.55. The van der Waals surface area contributed by atoms with Gasteiger partial charge in [-0.3, -0.25) is 19.3 Å². The Bertz CT molecular complexity index is 1360. The second-order valence-electron chi connectivity index (χ2n) is 11.5. The van der Waals surface area contributed by atoms with Crippen molar-refractivity contribution in [2.45, 2.75) is 65.5 Å². The first-order valence-corrected chi connectivity index (χ1v) is 13.1. The first kappa shape index (κ1) is 28.3. The number of rotatable bonds is 4. The van der Waals surface area contributed by atoms with E-state index in [1.54, 1.807) is 52.5 Å². The highest BCUT2D eigenvalue weighted by Crippen LogP contribution is 2.34. The predicted molar refractivity (Wildman–Crippen MR) is 142 cm³/mol. The minimum atomic E-state index is -0.985. The molecule has 11 heteroatoms. The molecular formula is C28H36FN5O5. The van der Waals surface area contributed by atoms with Gasteiger partial charge in [0.05, 0.1) is 11.3 Å². The summed E-state index contributed by atoms with van der Waals surface area (Å²) in [6.45, 7) is 12.1. The van der Waals surface area contributed by atoms with Gasteiger partial charge < -0.3 is 14.5 Å². The van der Waals surface area contributed by atoms with E-state index < -0.39 is 29.0 Å². The molecule has 0 bridgehead atoms. The van der Waals surface area contributed by atoms with Crippen molar-refractivity contribution in [3.63, 3.8) is 0 Å². The number of nitrogens with one attached hydrogen (secondary N) is 1. The summed E-state index contributed by atoms with van der Waals surface area (Å²) in [4.78, 5) is 55.6. The molecule has 2 fully saturated rings. The Morgan fingerprint density at radius 3 is 2.28 bits per heavy atom. The first-order chi connectivity index (χ1) is 18.2. The van der Waals surface area contributed by atoms with E-state index >= 15 is 0 Å². The van der Waals surface area contributed by atoms with Crippen molar-refractivity contribution in [2.24, 2.45) is 0 Å². The van der Waals surface area contributed by atoms with Crippen LogP contribution < -0.4 is 5.56 Å². The van der Waals surface area contributed by atoms with Crippen LogP contribution in [0, 0.1) is 19.7 Å². The Balaban J connectivity index is 1.41. The van der Waals surface area contributed by atoms with Crippen LogP contribution in [0.5, 0.6) is 0 Å². The Morgan fingerprint density at radius 1 is 1.05 bits per heavy atom. The van der Waals surface area contributed by atoms with Crippen LogP contribution in [0.25, 0.3) is 0 Å². The molecule has 10 nitrogen and oxygen atoms in total. The molecule has 39 heavy (non-hydrogen) atoms. The van der Waals surface area contributed by atoms with Crippen molar-refractivity contribution < 1.29 is 23.5 Å². The van der Waals surface area contributed by atoms with Crippen LogP contribution in [-0.2, 0) is 16.0 Å². The summed E-state index contributed by atoms with van der Waals surface area (Å²) in [5.41, 5.74) is 0.702. The number of hydrogen-bond donors (Lipinski definition) is 1. The number of ether oxygens (including phenoxy) is 1. The normalized spacial score (nSPS) is 19.5. The number of hydrogen-bond acceptors (Lipinski definition) is 6. The zero-order chi connectivity index (χ0) is 28.7. The van der Waals surface area contributed by atoms with Gasteiger partial charge in [-0.2, -0.15) is 5.10 Å². The number of benzene rings is 1. The molecule has 3 heterocycles. The summed E-state index contributed by atoms with van der Waals surface area (Å²) >= 11 is 0. The van der Waals surface area contributed by atoms with E-state index in [9.17, 15) is 23.6 Å². The molecule has 1 aromatic carbocycles. The zero-order valence-corrected chi connectivity index (χ0v) is 23.4. The summed E-state index contributed by atoms with van der Waals surface area (Å²) in [7, 11) is 0. The summed E-state index contributed by atoms with van der Waals surface area (Å²) in [6, 6.07) is 4.38. The highest BCUT2D eigenvalue weighted by atomic mass is 19.1. The molecule has 1 N–H and O–H groups in total. The molecule has 2 aliphatic heterocycles. The lowest BCUT2D eigenvalue weighted by atomic mass is 9.85. The lowest BCUT2D eigenvalue weighted by Crippen LogP contribution is -2.69. The third kappa shape index (κ3) is 5.67. The van der Waals surface area contributed by atoms with Gasteiger partial charge in [0.25, 0.3) is 11.5 Å². The standard InChI is InChI=1S/C28H36FN5O5/c1-17-18(2)23(35)31-30-22(17)16-19-7-8-21(29)20(15-19)24(36)32-11-13-33(14-12-32)25(37)28(6)9-10-34(28)26(38)39-27(3,4)5/h7-8,15H,9-14,16H2,1-6H3,(H,31,35)/t28-/m1/s1. The van der Waals surface area contributed by atoms with Crippen molar-refractivity contribution >= 4 is 17.9 Å². The van der Waals surface area contributed by atoms with Gasteiger partial charge in [-0.05, 0) is 71.2 Å². The van der Waals surface area contributed by atoms with Crippen LogP contribution in [0.3, 0.4) is 0 Å². The van der Waals surface area contributed by atoms with Crippen LogP contribution >= 0.6 is 0 Å². The zero-order valence-electron chi connectivity index (χ0n) is 23.4. The Hall–Kier alpha value is -3.76. The third-order valence-electron chi connectivity index (χ3n) is 7.61. The van der Waals surface area contributed by atoms with Crippen molar-refractivity contribution in [3.8, 4) is 0 Å². The smallest absolute Gasteiger partial charge is 0.411 e. The average Bonchev–Trinajstić information content (AvgIpc) is 2.87. The van der Waals surface area contributed by atoms with Crippen molar-refractivity contribution in [2.75, 3.05) is 32.7 Å². The van der Waals surface area contributed by atoms with E-state index in [-0.39, 0.29) is 43.2 Å². The maximum absolute atomic E-state index is 14.7. The molecule has 2 aliphatic rings. The highest BCUT2D eigenvalue weighted by molar-refractivity contribution is 5.95. The molecule has 0 spiro atoms. The fraction of sp³-hybridized carbons (Fsp3) is 0.536. The van der Waals surface area contributed by atoms with Gasteiger partial charge in [-0.15, -0.1) is 0 Å². The molecule has 1 aromatic heterocycles. The fourth-order valence-electron chi connectivity index (χ4n) is 4.90. The molecule has 0 aliphatic carbocycles. The molecule has 0 saturated carbocycles. The number of H-pyrrole nitrogens is 1. The first-order valence-electron chi connectivity index (χ1n) is 13.1. The summed E-state index contributed by atoms with van der Waals surface area (Å²) in [5, 5.41) is 6.58. The average molecular weight is 542 g/mol. The molecule has 2 saturated heterocycles. The van der Waals surface area contributed by atoms with E-state index in [1.807, 2.05) is 0 Å². The Labute approximate surface area is 227 Å². The number of halogens is 1. The minimum Gasteiger partial charge on any atom is -0.444 e. The van der Waals surface area contributed by atoms with E-state index in [1.165, 1.54) is 21.9 Å². The molecule has 3 amide bonds. The maximum atomic E-state index is 14.7. The van der Waals surface area contributed by atoms with E-state index in [0.29, 0.717) is 36.2 Å². The predicted octanol–water partition coefficient (Wildman–Crippen LogP) is 2.80. The summed E-state index contributed by atoms with van der Waals surface area (Å²) in [5.74, 6) is -1.26. The minimum absolute atomic E-state index is 0.0480. The molecule has 1 atom stereocenters. The molecule has 2 aromatic rings. The number of piperazine rings is 1. The van der Waals surface area contributed by atoms with Crippen molar-refractivity contribution in [3.05, 3.63) is 62.3 Å². The molecule has 4 rings (SSSR count). The lowest BCUT2D eigenvalue weighted by molar-refractivity contribution is -0.152. The summed E-state index contributed by atoms with van der Waals surface area (Å²) in [6.07, 6.45) is 0.348. The molecule has 210 valence electrons. The topological polar surface area (TPSA) is 116 Å². The Morgan fingerprint density at radius 2 is 1.69 bits per heavy atom. The highest BCUT2D eigenvalue weighted by Gasteiger charge is 2.52. The fourth-order valence-corrected chi connectivity index (χ4v) is 4.90. The SMILES string of the molecule is Cc1c(Cc2ccc(F)c(C(=O)N3CCN(C(=O)[C@@]4(C)CCN4C(=O)OC(C)(C)C)CC3)c2)n[nH]c(=O)c1C. The van der Waals surface area contributed by atoms with Crippen molar-refractivity contribution in [1.29, 1.82) is 0 Å². The number of nitrogens with zero attached hydrogens (tertiary/aromatic N) is 4. The number of carbonyl (C=O) groups is 3. The van der Waals surface area contributed by atoms with E-state index in [4.69, 9.17) is 4.74 Å². The maximum Gasteiger partial charge on any atom is 0.411 e. The summed E-state index contributed by atoms with van der Waals surface area (Å²) < 4.78 is 20.2. The van der Waals surface area contributed by atoms with Gasteiger partial charge >= 0.3 is 6.09 Å². The van der Waals surface area contributed by atoms with Crippen LogP contribution in [-0.4, -0.2) is 86.7 Å². The van der Waals surface area contributed by atoms with Crippen LogP contribution in [0.1, 0.15) is 66.9 Å². The second kappa shape index (κ2) is 10.4. The van der Waals surface area contributed by atoms with Gasteiger partial charge in [0, 0.05) is 44.7 Å². The van der Waals surface area contributed by atoms with Gasteiger partial charge in [-0.25, -0.2) is 14.3 Å². The number of carbonyl (C=O) groups excluding carboxylic acids is 3. The van der Waals surface area contributed by atoms with E-state index in [0.717, 1.165) is 5.56 Å². The quantitative estimate of drug-likeness (QED) is 0.637. The van der Waals surface area contributed by atoms with Gasteiger partial charge in [-0.1, -0.05) is 6.07 Å². The number of amides is 3. The van der Waals surface area contributed by atoms with Gasteiger partial charge in [0.1, 0.15) is 17.0 Å². The molecular weight excluding hydrogens is 505 g/mol. The van der Waals surface area contributed by atoms with Crippen LogP contribution in [0.2, 0.25) is 0 Å². The van der Waals surface area contributed by atoms with Crippen molar-refractivity contribution in [1.82, 2.24) is 24.9 Å². The number of aromatic amines is 1. The third-order valence-corrected chi connectivity index (χ3v) is 7.61. The van der Waals surface area contributed by atoms with Gasteiger partial charge in [0.15, 0.2) is 0 Å². The number of aromatic nitrogens is 2. The monoisotopic (exact) mass is 541 g/mol. The van der Waals surface area contributed by atoms with Crippen LogP contribution in [0.15, 0.2) is 23.0 Å². The largest absolute Gasteiger partial charge is 0.444 e. The van der Waals surface area contributed by atoms with Crippen LogP contribution in [0.4, 0.5) is 9.18 Å². The van der Waals surface area contributed by atoms with E-state index in [2.05, 4.69) is 10.2 Å². The lowest BCUT2D eigenvalue weighted by Gasteiger charge is -2.51. The molecule has 0 unspecified atom stereocenters. The second-order valence-corrected chi connectivity index (χ2v) is 11.5. The van der Waals surface area contributed by atoms with Gasteiger partial charge in [0.2, 0.25) is 5.91 Å². The number of likely N-dealkylation sites (tertiary alicyclic amines) is 1.